The molecule has 0 bridgehead atoms. The maximum atomic E-state index is 12.2. The van der Waals surface area contributed by atoms with E-state index in [2.05, 4.69) is 53.8 Å². The summed E-state index contributed by atoms with van der Waals surface area (Å²) >= 11 is 0. The minimum atomic E-state index is -2.80. The van der Waals surface area contributed by atoms with E-state index in [9.17, 15) is 8.78 Å². The highest BCUT2D eigenvalue weighted by molar-refractivity contribution is 5.40. The molecule has 0 heterocycles. The van der Waals surface area contributed by atoms with Crippen LogP contribution in [-0.4, -0.2) is 6.61 Å². The largest absolute Gasteiger partial charge is 0.435 e. The van der Waals surface area contributed by atoms with Gasteiger partial charge in [0, 0.05) is 5.56 Å². The van der Waals surface area contributed by atoms with Gasteiger partial charge in [0.1, 0.15) is 5.75 Å². The van der Waals surface area contributed by atoms with Crippen molar-refractivity contribution in [1.82, 2.24) is 0 Å². The van der Waals surface area contributed by atoms with Crippen LogP contribution in [0.5, 0.6) is 5.75 Å². The number of ether oxygens (including phenoxy) is 1. The van der Waals surface area contributed by atoms with Crippen LogP contribution in [0.3, 0.4) is 0 Å². The third kappa shape index (κ3) is 6.75. The summed E-state index contributed by atoms with van der Waals surface area (Å²) in [5, 5.41) is 0. The molecule has 0 unspecified atom stereocenters. The van der Waals surface area contributed by atoms with Gasteiger partial charge in [-0.15, -0.1) is 0 Å². The van der Waals surface area contributed by atoms with Crippen molar-refractivity contribution in [3.05, 3.63) is 77.4 Å². The molecule has 1 saturated carbocycles. The van der Waals surface area contributed by atoms with Gasteiger partial charge >= 0.3 is 6.61 Å². The van der Waals surface area contributed by atoms with Crippen LogP contribution in [0.15, 0.2) is 60.7 Å². The van der Waals surface area contributed by atoms with Crippen LogP contribution >= 0.6 is 0 Å². The molecule has 0 amide bonds. The van der Waals surface area contributed by atoms with Crippen molar-refractivity contribution in [1.29, 1.82) is 0 Å². The fraction of sp³-hybridized carbons (Fsp3) is 0.385. The summed E-state index contributed by atoms with van der Waals surface area (Å²) in [7, 11) is 0. The summed E-state index contributed by atoms with van der Waals surface area (Å²) in [6, 6.07) is 15.6. The standard InChI is InChI=1S/C26H28F2O/c1-2-5-20-8-14-23(15-9-20)24-16-10-21(11-17-24)6-3-4-7-22-12-18-25(19-13-22)29-26(27)28/h3,6,8-9,12-15,18-19,21,24,26H,2,5,10-11,16-17H2,1H3/t21-,24-. The first kappa shape index (κ1) is 21.1. The van der Waals surface area contributed by atoms with Gasteiger partial charge in [-0.25, -0.2) is 0 Å². The van der Waals surface area contributed by atoms with E-state index in [0.29, 0.717) is 11.8 Å². The predicted octanol–water partition coefficient (Wildman–Crippen LogP) is 7.12. The Bertz CT molecular complexity index is 833. The second-order valence-electron chi connectivity index (χ2n) is 7.63. The molecule has 1 fully saturated rings. The van der Waals surface area contributed by atoms with Crippen molar-refractivity contribution in [2.75, 3.05) is 0 Å². The van der Waals surface area contributed by atoms with Gasteiger partial charge in [0.05, 0.1) is 0 Å². The first-order valence-corrected chi connectivity index (χ1v) is 10.5. The van der Waals surface area contributed by atoms with Crippen molar-refractivity contribution in [3.63, 3.8) is 0 Å². The Morgan fingerprint density at radius 2 is 1.69 bits per heavy atom. The van der Waals surface area contributed by atoms with Gasteiger partial charge in [0.2, 0.25) is 0 Å². The first-order valence-electron chi connectivity index (χ1n) is 10.5. The molecule has 3 rings (SSSR count). The van der Waals surface area contributed by atoms with Crippen molar-refractivity contribution >= 4 is 0 Å². The van der Waals surface area contributed by atoms with Crippen LogP contribution in [0.25, 0.3) is 0 Å². The van der Waals surface area contributed by atoms with Gasteiger partial charge in [-0.1, -0.05) is 55.5 Å². The van der Waals surface area contributed by atoms with Crippen molar-refractivity contribution < 1.29 is 13.5 Å². The quantitative estimate of drug-likeness (QED) is 0.474. The molecule has 1 aliphatic carbocycles. The zero-order chi connectivity index (χ0) is 20.5. The van der Waals surface area contributed by atoms with E-state index in [0.717, 1.165) is 12.0 Å². The molecule has 3 heteroatoms. The SMILES string of the molecule is CCCc1ccc([C@H]2CC[C@H](C=CC#Cc3ccc(OC(F)F)cc3)CC2)cc1. The summed E-state index contributed by atoms with van der Waals surface area (Å²) in [6.45, 7) is -0.584. The lowest BCUT2D eigenvalue weighted by Crippen LogP contribution is -2.11. The highest BCUT2D eigenvalue weighted by Crippen LogP contribution is 2.36. The molecule has 0 radical (unpaired) electrons. The molecule has 2 aromatic rings. The lowest BCUT2D eigenvalue weighted by Gasteiger charge is -2.27. The van der Waals surface area contributed by atoms with E-state index in [-0.39, 0.29) is 5.75 Å². The average molecular weight is 395 g/mol. The number of halogens is 2. The predicted molar refractivity (Wildman–Crippen MR) is 114 cm³/mol. The summed E-state index contributed by atoms with van der Waals surface area (Å²) in [5.74, 6) is 7.50. The Hall–Kier alpha value is -2.60. The Morgan fingerprint density at radius 1 is 1.00 bits per heavy atom. The summed E-state index contributed by atoms with van der Waals surface area (Å²) in [6.07, 6.45) is 11.3. The lowest BCUT2D eigenvalue weighted by molar-refractivity contribution is -0.0498. The maximum absolute atomic E-state index is 12.2. The number of hydrogen-bond donors (Lipinski definition) is 0. The molecule has 0 spiro atoms. The molecule has 1 nitrogen and oxygen atoms in total. The van der Waals surface area contributed by atoms with Gasteiger partial charge in [-0.05, 0) is 85.4 Å². The molecule has 29 heavy (non-hydrogen) atoms. The third-order valence-corrected chi connectivity index (χ3v) is 5.51. The van der Waals surface area contributed by atoms with Crippen LogP contribution in [0, 0.1) is 17.8 Å². The number of hydrogen-bond acceptors (Lipinski definition) is 1. The van der Waals surface area contributed by atoms with Crippen molar-refractivity contribution in [2.45, 2.75) is 58.0 Å². The molecular weight excluding hydrogens is 366 g/mol. The molecule has 0 aromatic heterocycles. The fourth-order valence-corrected chi connectivity index (χ4v) is 3.92. The van der Waals surface area contributed by atoms with E-state index < -0.39 is 6.61 Å². The van der Waals surface area contributed by atoms with E-state index >= 15 is 0 Å². The van der Waals surface area contributed by atoms with Crippen LogP contribution in [0.4, 0.5) is 8.78 Å². The molecule has 152 valence electrons. The average Bonchev–Trinajstić information content (AvgIpc) is 2.73. The Labute approximate surface area is 172 Å². The van der Waals surface area contributed by atoms with Crippen LogP contribution < -0.4 is 4.74 Å². The zero-order valence-electron chi connectivity index (χ0n) is 16.9. The number of rotatable bonds is 6. The van der Waals surface area contributed by atoms with Gasteiger partial charge in [-0.3, -0.25) is 0 Å². The normalized spacial score (nSPS) is 19.2. The minimum Gasteiger partial charge on any atom is -0.435 e. The minimum absolute atomic E-state index is 0.151. The number of benzene rings is 2. The van der Waals surface area contributed by atoms with E-state index in [1.165, 1.54) is 55.4 Å². The fourth-order valence-electron chi connectivity index (χ4n) is 3.92. The van der Waals surface area contributed by atoms with Gasteiger partial charge in [0.25, 0.3) is 0 Å². The molecule has 0 aliphatic heterocycles. The van der Waals surface area contributed by atoms with E-state index in [1.54, 1.807) is 12.1 Å². The summed E-state index contributed by atoms with van der Waals surface area (Å²) in [5.41, 5.74) is 3.69. The molecule has 0 atom stereocenters. The first-order chi connectivity index (χ1) is 14.1. The Kier molecular flexibility index (Phi) is 7.87. The van der Waals surface area contributed by atoms with E-state index in [4.69, 9.17) is 0 Å². The zero-order valence-corrected chi connectivity index (χ0v) is 16.9. The van der Waals surface area contributed by atoms with Crippen molar-refractivity contribution in [3.8, 4) is 17.6 Å². The molecule has 1 aliphatic rings. The summed E-state index contributed by atoms with van der Waals surface area (Å²) < 4.78 is 28.6. The summed E-state index contributed by atoms with van der Waals surface area (Å²) in [4.78, 5) is 0. The van der Waals surface area contributed by atoms with Crippen molar-refractivity contribution in [2.24, 2.45) is 5.92 Å². The van der Waals surface area contributed by atoms with Crippen LogP contribution in [-0.2, 0) is 6.42 Å². The monoisotopic (exact) mass is 394 g/mol. The molecule has 2 aromatic carbocycles. The van der Waals surface area contributed by atoms with Crippen LogP contribution in [0.1, 0.15) is 61.6 Å². The highest BCUT2D eigenvalue weighted by atomic mass is 19.3. The highest BCUT2D eigenvalue weighted by Gasteiger charge is 2.20. The Balaban J connectivity index is 1.46. The second kappa shape index (κ2) is 10.8. The Morgan fingerprint density at radius 3 is 2.31 bits per heavy atom. The molecular formula is C26H28F2O. The molecule has 0 N–H and O–H groups in total. The smallest absolute Gasteiger partial charge is 0.387 e. The maximum Gasteiger partial charge on any atom is 0.387 e. The van der Waals surface area contributed by atoms with Gasteiger partial charge < -0.3 is 4.74 Å². The third-order valence-electron chi connectivity index (χ3n) is 5.51. The van der Waals surface area contributed by atoms with Crippen LogP contribution in [0.2, 0.25) is 0 Å². The number of allylic oxidation sites excluding steroid dienone is 2. The number of aryl methyl sites for hydroxylation is 1. The number of alkyl halides is 2. The van der Waals surface area contributed by atoms with Gasteiger partial charge in [-0.2, -0.15) is 8.78 Å². The van der Waals surface area contributed by atoms with Gasteiger partial charge in [0.15, 0.2) is 0 Å². The second-order valence-corrected chi connectivity index (χ2v) is 7.63. The topological polar surface area (TPSA) is 9.23 Å². The molecule has 0 saturated heterocycles. The lowest BCUT2D eigenvalue weighted by atomic mass is 9.78. The van der Waals surface area contributed by atoms with E-state index in [1.807, 2.05) is 6.08 Å².